The Morgan fingerprint density at radius 2 is 2.20 bits per heavy atom. The first-order valence-corrected chi connectivity index (χ1v) is 6.51. The highest BCUT2D eigenvalue weighted by Crippen LogP contribution is 2.23. The molecule has 0 saturated carbocycles. The lowest BCUT2D eigenvalue weighted by Gasteiger charge is -2.20. The van der Waals surface area contributed by atoms with Gasteiger partial charge in [-0.15, -0.1) is 0 Å². The van der Waals surface area contributed by atoms with Gasteiger partial charge in [0.15, 0.2) is 5.43 Å². The molecule has 0 aliphatic carbocycles. The van der Waals surface area contributed by atoms with E-state index in [9.17, 15) is 9.59 Å². The highest BCUT2D eigenvalue weighted by atomic mass is 16.7. The van der Waals surface area contributed by atoms with Crippen molar-refractivity contribution in [3.63, 3.8) is 0 Å². The average molecular weight is 277 g/mol. The highest BCUT2D eigenvalue weighted by molar-refractivity contribution is 5.94. The number of rotatable bonds is 3. The summed E-state index contributed by atoms with van der Waals surface area (Å²) in [6.45, 7) is 7.28. The van der Waals surface area contributed by atoms with Crippen molar-refractivity contribution in [1.29, 1.82) is 0 Å². The van der Waals surface area contributed by atoms with E-state index < -0.39 is 5.60 Å². The van der Waals surface area contributed by atoms with E-state index in [4.69, 9.17) is 4.84 Å². The fraction of sp³-hybridized carbons (Fsp3) is 0.500. The van der Waals surface area contributed by atoms with Gasteiger partial charge in [0.1, 0.15) is 0 Å². The first kappa shape index (κ1) is 14.3. The summed E-state index contributed by atoms with van der Waals surface area (Å²) in [5.74, 6) is -0.237. The summed E-state index contributed by atoms with van der Waals surface area (Å²) < 4.78 is 0. The summed E-state index contributed by atoms with van der Waals surface area (Å²) in [4.78, 5) is 32.2. The fourth-order valence-corrected chi connectivity index (χ4v) is 2.19. The molecule has 0 aromatic carbocycles. The van der Waals surface area contributed by atoms with E-state index in [1.807, 2.05) is 6.92 Å². The minimum absolute atomic E-state index is 0.00416. The van der Waals surface area contributed by atoms with Crippen LogP contribution in [0.2, 0.25) is 0 Å². The third-order valence-electron chi connectivity index (χ3n) is 3.52. The van der Waals surface area contributed by atoms with E-state index in [0.29, 0.717) is 23.2 Å². The van der Waals surface area contributed by atoms with Crippen LogP contribution in [0.5, 0.6) is 0 Å². The van der Waals surface area contributed by atoms with Crippen LogP contribution in [-0.4, -0.2) is 22.2 Å². The monoisotopic (exact) mass is 277 g/mol. The minimum atomic E-state index is -0.955. The number of carbonyl (C=O) groups is 1. The van der Waals surface area contributed by atoms with E-state index in [-0.39, 0.29) is 17.9 Å². The zero-order valence-electron chi connectivity index (χ0n) is 12.2. The molecule has 6 heteroatoms. The SMILES string of the molecule is CC1=NO[C@@](C)(C(=O)NCc2[nH]cc(C)c(=O)c2C)C1. The maximum absolute atomic E-state index is 12.1. The molecule has 0 spiro atoms. The van der Waals surface area contributed by atoms with Crippen LogP contribution in [-0.2, 0) is 16.2 Å². The smallest absolute Gasteiger partial charge is 0.267 e. The third-order valence-corrected chi connectivity index (χ3v) is 3.52. The Morgan fingerprint density at radius 1 is 1.50 bits per heavy atom. The molecule has 0 saturated heterocycles. The Bertz CT molecular complexity index is 633. The second-order valence-electron chi connectivity index (χ2n) is 5.41. The maximum atomic E-state index is 12.1. The van der Waals surface area contributed by atoms with Crippen LogP contribution in [0, 0.1) is 13.8 Å². The fourth-order valence-electron chi connectivity index (χ4n) is 2.19. The molecular formula is C14H19N3O3. The van der Waals surface area contributed by atoms with Gasteiger partial charge in [-0.05, 0) is 27.7 Å². The predicted molar refractivity (Wildman–Crippen MR) is 75.6 cm³/mol. The number of aryl methyl sites for hydroxylation is 1. The van der Waals surface area contributed by atoms with E-state index in [0.717, 1.165) is 5.71 Å². The number of carbonyl (C=O) groups excluding carboxylic acids is 1. The van der Waals surface area contributed by atoms with Gasteiger partial charge >= 0.3 is 0 Å². The lowest BCUT2D eigenvalue weighted by Crippen LogP contribution is -2.44. The number of oxime groups is 1. The Labute approximate surface area is 117 Å². The van der Waals surface area contributed by atoms with E-state index in [1.54, 1.807) is 27.0 Å². The molecule has 108 valence electrons. The van der Waals surface area contributed by atoms with Gasteiger partial charge in [-0.25, -0.2) is 0 Å². The van der Waals surface area contributed by atoms with Gasteiger partial charge < -0.3 is 15.1 Å². The minimum Gasteiger partial charge on any atom is -0.379 e. The van der Waals surface area contributed by atoms with Crippen LogP contribution >= 0.6 is 0 Å². The number of aromatic amines is 1. The lowest BCUT2D eigenvalue weighted by molar-refractivity contribution is -0.141. The average Bonchev–Trinajstić information content (AvgIpc) is 2.76. The maximum Gasteiger partial charge on any atom is 0.267 e. The summed E-state index contributed by atoms with van der Waals surface area (Å²) in [7, 11) is 0. The van der Waals surface area contributed by atoms with Crippen molar-refractivity contribution in [2.24, 2.45) is 5.16 Å². The molecule has 6 nitrogen and oxygen atoms in total. The van der Waals surface area contributed by atoms with E-state index in [2.05, 4.69) is 15.5 Å². The highest BCUT2D eigenvalue weighted by Gasteiger charge is 2.40. The largest absolute Gasteiger partial charge is 0.379 e. The molecule has 0 bridgehead atoms. The third kappa shape index (κ3) is 2.59. The number of hydrogen-bond acceptors (Lipinski definition) is 4. The van der Waals surface area contributed by atoms with Crippen LogP contribution in [0.25, 0.3) is 0 Å². The molecular weight excluding hydrogens is 258 g/mol. The first-order valence-electron chi connectivity index (χ1n) is 6.51. The number of nitrogens with one attached hydrogen (secondary N) is 2. The topological polar surface area (TPSA) is 83.5 Å². The molecule has 2 rings (SSSR count). The van der Waals surface area contributed by atoms with Gasteiger partial charge in [0, 0.05) is 29.4 Å². The van der Waals surface area contributed by atoms with Crippen molar-refractivity contribution in [1.82, 2.24) is 10.3 Å². The van der Waals surface area contributed by atoms with Crippen LogP contribution in [0.3, 0.4) is 0 Å². The molecule has 0 fully saturated rings. The standard InChI is InChI=1S/C14H19N3O3/c1-8-6-15-11(10(3)12(8)18)7-16-13(19)14(4)5-9(2)17-20-14/h6H,5,7H2,1-4H3,(H,15,18)(H,16,19)/t14-/m1/s1. The summed E-state index contributed by atoms with van der Waals surface area (Å²) in [6.07, 6.45) is 2.13. The molecule has 1 amide bonds. The normalized spacial score (nSPS) is 21.3. The van der Waals surface area contributed by atoms with Gasteiger partial charge in [0.05, 0.1) is 12.3 Å². The zero-order chi connectivity index (χ0) is 14.9. The lowest BCUT2D eigenvalue weighted by atomic mass is 9.99. The second-order valence-corrected chi connectivity index (χ2v) is 5.41. The van der Waals surface area contributed by atoms with E-state index in [1.165, 1.54) is 0 Å². The van der Waals surface area contributed by atoms with Crippen molar-refractivity contribution in [2.45, 2.75) is 46.3 Å². The Hall–Kier alpha value is -2.11. The Balaban J connectivity index is 2.05. The number of aromatic nitrogens is 1. The predicted octanol–water partition coefficient (Wildman–Crippen LogP) is 1.16. The Morgan fingerprint density at radius 3 is 2.80 bits per heavy atom. The van der Waals surface area contributed by atoms with Gasteiger partial charge in [0.25, 0.3) is 5.91 Å². The van der Waals surface area contributed by atoms with Crippen molar-refractivity contribution in [2.75, 3.05) is 0 Å². The van der Waals surface area contributed by atoms with Crippen molar-refractivity contribution in [3.8, 4) is 0 Å². The number of hydrogen-bond donors (Lipinski definition) is 2. The number of H-pyrrole nitrogens is 1. The molecule has 1 aliphatic heterocycles. The van der Waals surface area contributed by atoms with Gasteiger partial charge in [0.2, 0.25) is 5.60 Å². The molecule has 2 heterocycles. The summed E-state index contributed by atoms with van der Waals surface area (Å²) in [5.41, 5.74) is 1.82. The quantitative estimate of drug-likeness (QED) is 0.869. The van der Waals surface area contributed by atoms with Gasteiger partial charge in [-0.2, -0.15) is 0 Å². The molecule has 1 aromatic heterocycles. The van der Waals surface area contributed by atoms with Crippen molar-refractivity contribution >= 4 is 11.6 Å². The summed E-state index contributed by atoms with van der Waals surface area (Å²) in [6, 6.07) is 0. The molecule has 20 heavy (non-hydrogen) atoms. The molecule has 0 unspecified atom stereocenters. The molecule has 0 radical (unpaired) electrons. The molecule has 1 atom stereocenters. The Kier molecular flexibility index (Phi) is 3.65. The first-order chi connectivity index (χ1) is 9.33. The molecule has 1 aromatic rings. The van der Waals surface area contributed by atoms with Crippen molar-refractivity contribution < 1.29 is 9.63 Å². The molecule has 2 N–H and O–H groups in total. The van der Waals surface area contributed by atoms with Crippen LogP contribution < -0.4 is 10.7 Å². The number of amides is 1. The van der Waals surface area contributed by atoms with Crippen LogP contribution in [0.1, 0.15) is 37.1 Å². The molecule has 1 aliphatic rings. The van der Waals surface area contributed by atoms with Gasteiger partial charge in [-0.1, -0.05) is 5.16 Å². The number of nitrogens with zero attached hydrogens (tertiary/aromatic N) is 1. The van der Waals surface area contributed by atoms with Crippen molar-refractivity contribution in [3.05, 3.63) is 33.2 Å². The second kappa shape index (κ2) is 5.11. The van der Waals surface area contributed by atoms with Crippen LogP contribution in [0.4, 0.5) is 0 Å². The summed E-state index contributed by atoms with van der Waals surface area (Å²) >= 11 is 0. The zero-order valence-corrected chi connectivity index (χ0v) is 12.2. The summed E-state index contributed by atoms with van der Waals surface area (Å²) in [5, 5.41) is 6.59. The van der Waals surface area contributed by atoms with E-state index >= 15 is 0 Å². The van der Waals surface area contributed by atoms with Gasteiger partial charge in [-0.3, -0.25) is 9.59 Å². The van der Waals surface area contributed by atoms with Crippen LogP contribution in [0.15, 0.2) is 16.1 Å². The number of pyridine rings is 1.